The van der Waals surface area contributed by atoms with Gasteiger partial charge in [-0.25, -0.2) is 0 Å². The number of rotatable bonds is 0. The summed E-state index contributed by atoms with van der Waals surface area (Å²) in [5.41, 5.74) is 0. The van der Waals surface area contributed by atoms with Crippen LogP contribution in [0.1, 0.15) is 0 Å². The van der Waals surface area contributed by atoms with Crippen LogP contribution in [0.4, 0.5) is 0 Å². The zero-order valence-corrected chi connectivity index (χ0v) is 15.0. The van der Waals surface area contributed by atoms with Gasteiger partial charge in [0.1, 0.15) is 0 Å². The normalized spacial score (nSPS) is 8.44. The molecule has 0 atom stereocenters. The van der Waals surface area contributed by atoms with Crippen molar-refractivity contribution in [3.63, 3.8) is 0 Å². The van der Waals surface area contributed by atoms with Crippen LogP contribution in [0.25, 0.3) is 0 Å². The second kappa shape index (κ2) is 9.75. The minimum absolute atomic E-state index is 0. The maximum atomic E-state index is 4.08. The molecule has 0 bridgehead atoms. The van der Waals surface area contributed by atoms with E-state index in [0.717, 1.165) is 13.8 Å². The van der Waals surface area contributed by atoms with Gasteiger partial charge in [0.15, 0.2) is 0 Å². The summed E-state index contributed by atoms with van der Waals surface area (Å²) in [5.74, 6) is 0. The van der Waals surface area contributed by atoms with Crippen LogP contribution in [0.5, 0.6) is 0 Å². The first-order chi connectivity index (χ1) is 7.18. The smallest absolute Gasteiger partial charge is 0.0176 e. The van der Waals surface area contributed by atoms with E-state index in [1.807, 2.05) is 54.6 Å². The van der Waals surface area contributed by atoms with Crippen LogP contribution in [0.3, 0.4) is 0 Å². The van der Waals surface area contributed by atoms with E-state index in [1.165, 1.54) is 0 Å². The van der Waals surface area contributed by atoms with Gasteiger partial charge in [-0.15, -0.1) is 12.6 Å². The number of hydrogen-bond acceptors (Lipinski definition) is 1. The largest absolute Gasteiger partial charge is 0.143 e. The van der Waals surface area contributed by atoms with Crippen molar-refractivity contribution in [3.8, 4) is 0 Å². The second-order valence-corrected chi connectivity index (χ2v) is 5.12. The van der Waals surface area contributed by atoms with Crippen LogP contribution in [0, 0.1) is 0 Å². The van der Waals surface area contributed by atoms with Crippen molar-refractivity contribution < 1.29 is 0 Å². The fraction of sp³-hybridized carbons (Fsp3) is 0. The fourth-order valence-electron chi connectivity index (χ4n) is 0.858. The van der Waals surface area contributed by atoms with Crippen molar-refractivity contribution in [2.45, 2.75) is 4.90 Å². The first-order valence-electron chi connectivity index (χ1n) is 4.33. The van der Waals surface area contributed by atoms with Crippen LogP contribution >= 0.6 is 44.5 Å². The van der Waals surface area contributed by atoms with Crippen LogP contribution in [0.15, 0.2) is 68.4 Å². The van der Waals surface area contributed by atoms with Gasteiger partial charge in [0.2, 0.25) is 0 Å². The molecular weight excluding hydrogens is 359 g/mol. The summed E-state index contributed by atoms with van der Waals surface area (Å²) in [7, 11) is 0. The molecule has 0 saturated carbocycles. The van der Waals surface area contributed by atoms with Crippen molar-refractivity contribution in [1.82, 2.24) is 0 Å². The summed E-state index contributed by atoms with van der Waals surface area (Å²) in [6, 6.07) is 17.7. The summed E-state index contributed by atoms with van der Waals surface area (Å²) < 4.78 is 2.22. The van der Waals surface area contributed by atoms with Crippen LogP contribution in [-0.2, 0) is 0 Å². The molecule has 0 N–H and O–H groups in total. The molecule has 0 aliphatic carbocycles. The Morgan fingerprint density at radius 3 is 1.31 bits per heavy atom. The standard InChI is InChI=1S/C6H4Br2.C6H6S.Na/c7-5-1-2-6(8)4-3-5;7-6-4-2-1-3-5-6;/h1-4H;1-5,7H;. The molecule has 0 fully saturated rings. The Hall–Kier alpha value is 0.750. The Kier molecular flexibility index (Phi) is 10.2. The predicted molar refractivity (Wildman–Crippen MR) is 81.3 cm³/mol. The molecule has 0 unspecified atom stereocenters. The molecule has 4 heteroatoms. The average Bonchev–Trinajstić information content (AvgIpc) is 2.25. The molecule has 79 valence electrons. The van der Waals surface area contributed by atoms with Gasteiger partial charge in [-0.1, -0.05) is 50.1 Å². The summed E-state index contributed by atoms with van der Waals surface area (Å²) >= 11 is 10.7. The molecule has 0 aliphatic rings. The van der Waals surface area contributed by atoms with Crippen molar-refractivity contribution in [2.75, 3.05) is 0 Å². The summed E-state index contributed by atoms with van der Waals surface area (Å²) in [4.78, 5) is 1.02. The Morgan fingerprint density at radius 2 is 1.06 bits per heavy atom. The monoisotopic (exact) mass is 367 g/mol. The third kappa shape index (κ3) is 7.93. The average molecular weight is 369 g/mol. The van der Waals surface area contributed by atoms with Gasteiger partial charge < -0.3 is 0 Å². The van der Waals surface area contributed by atoms with E-state index in [4.69, 9.17) is 0 Å². The number of benzene rings is 2. The van der Waals surface area contributed by atoms with E-state index < -0.39 is 0 Å². The van der Waals surface area contributed by atoms with E-state index in [1.54, 1.807) is 0 Å². The molecule has 0 aliphatic heterocycles. The summed E-state index contributed by atoms with van der Waals surface area (Å²) in [5, 5.41) is 0. The molecule has 0 saturated heterocycles. The van der Waals surface area contributed by atoms with E-state index in [9.17, 15) is 0 Å². The Balaban J connectivity index is 0.000000267. The van der Waals surface area contributed by atoms with E-state index >= 15 is 0 Å². The molecule has 2 rings (SSSR count). The predicted octanol–water partition coefficient (Wildman–Crippen LogP) is 4.81. The molecule has 16 heavy (non-hydrogen) atoms. The van der Waals surface area contributed by atoms with E-state index in [0.29, 0.717) is 0 Å². The first kappa shape index (κ1) is 16.8. The molecule has 0 nitrogen and oxygen atoms in total. The molecular formula is C12H10Br2NaS. The van der Waals surface area contributed by atoms with Gasteiger partial charge in [-0.2, -0.15) is 0 Å². The second-order valence-electron chi connectivity index (χ2n) is 2.77. The van der Waals surface area contributed by atoms with Crippen molar-refractivity contribution in [3.05, 3.63) is 63.5 Å². The Morgan fingerprint density at radius 1 is 0.688 bits per heavy atom. The first-order valence-corrected chi connectivity index (χ1v) is 6.37. The topological polar surface area (TPSA) is 0 Å². The number of halogens is 2. The quantitative estimate of drug-likeness (QED) is 0.500. The van der Waals surface area contributed by atoms with Gasteiger partial charge >= 0.3 is 0 Å². The van der Waals surface area contributed by atoms with Gasteiger partial charge in [0.25, 0.3) is 0 Å². The van der Waals surface area contributed by atoms with Crippen molar-refractivity contribution in [1.29, 1.82) is 0 Å². The SMILES string of the molecule is Brc1ccc(Br)cc1.Sc1ccccc1.[Na]. The maximum Gasteiger partial charge on any atom is 0.0176 e. The number of thiol groups is 1. The van der Waals surface area contributed by atoms with Gasteiger partial charge in [0, 0.05) is 43.4 Å². The van der Waals surface area contributed by atoms with E-state index in [-0.39, 0.29) is 29.6 Å². The third-order valence-corrected chi connectivity index (χ3v) is 2.92. The van der Waals surface area contributed by atoms with E-state index in [2.05, 4.69) is 44.5 Å². The minimum Gasteiger partial charge on any atom is -0.143 e. The zero-order valence-electron chi connectivity index (χ0n) is 8.90. The van der Waals surface area contributed by atoms with Crippen LogP contribution in [0.2, 0.25) is 0 Å². The van der Waals surface area contributed by atoms with Crippen LogP contribution < -0.4 is 0 Å². The van der Waals surface area contributed by atoms with Crippen molar-refractivity contribution in [2.24, 2.45) is 0 Å². The summed E-state index contributed by atoms with van der Waals surface area (Å²) in [6.45, 7) is 0. The minimum atomic E-state index is 0. The summed E-state index contributed by atoms with van der Waals surface area (Å²) in [6.07, 6.45) is 0. The molecule has 1 radical (unpaired) electrons. The Bertz CT molecular complexity index is 369. The van der Waals surface area contributed by atoms with Gasteiger partial charge in [-0.3, -0.25) is 0 Å². The molecule has 0 amide bonds. The zero-order chi connectivity index (χ0) is 11.1. The van der Waals surface area contributed by atoms with Crippen molar-refractivity contribution >= 4 is 74.0 Å². The molecule has 2 aromatic rings. The van der Waals surface area contributed by atoms with Gasteiger partial charge in [-0.05, 0) is 36.4 Å². The van der Waals surface area contributed by atoms with Crippen LogP contribution in [-0.4, -0.2) is 29.6 Å². The number of hydrogen-bond donors (Lipinski definition) is 1. The maximum absolute atomic E-state index is 4.08. The molecule has 0 spiro atoms. The fourth-order valence-corrected chi connectivity index (χ4v) is 1.56. The third-order valence-electron chi connectivity index (χ3n) is 1.56. The molecule has 0 heterocycles. The molecule has 0 aromatic heterocycles. The van der Waals surface area contributed by atoms with Gasteiger partial charge in [0.05, 0.1) is 0 Å². The Labute approximate surface area is 141 Å². The molecule has 2 aromatic carbocycles.